The molecule has 0 amide bonds. The Morgan fingerprint density at radius 3 is 2.65 bits per heavy atom. The minimum absolute atomic E-state index is 0.0359. The number of Topliss-reactive ketones (excluding diaryl/α,β-unsaturated/α-hetero) is 1. The van der Waals surface area contributed by atoms with Gasteiger partial charge < -0.3 is 14.6 Å². The lowest BCUT2D eigenvalue weighted by molar-refractivity contribution is -0.230. The van der Waals surface area contributed by atoms with Gasteiger partial charge in [0.1, 0.15) is 12.4 Å². The Labute approximate surface area is 154 Å². The average molecular weight is 360 g/mol. The van der Waals surface area contributed by atoms with Crippen molar-refractivity contribution in [2.24, 2.45) is 28.1 Å². The van der Waals surface area contributed by atoms with Crippen LogP contribution in [0.1, 0.15) is 40.0 Å². The quantitative estimate of drug-likeness (QED) is 0.616. The molecule has 0 aromatic heterocycles. The number of carbonyl (C=O) groups is 2. The van der Waals surface area contributed by atoms with E-state index >= 15 is 0 Å². The average Bonchev–Trinajstić information content (AvgIpc) is 2.85. The Morgan fingerprint density at radius 2 is 2.04 bits per heavy atom. The zero-order chi connectivity index (χ0) is 19.1. The van der Waals surface area contributed by atoms with Crippen molar-refractivity contribution in [3.05, 3.63) is 25.3 Å². The third-order valence-corrected chi connectivity index (χ3v) is 7.98. The first-order valence-corrected chi connectivity index (χ1v) is 9.48. The van der Waals surface area contributed by atoms with Gasteiger partial charge in [-0.25, -0.2) is 4.79 Å². The lowest BCUT2D eigenvalue weighted by Gasteiger charge is -2.62. The van der Waals surface area contributed by atoms with Gasteiger partial charge in [-0.3, -0.25) is 4.79 Å². The van der Waals surface area contributed by atoms with Crippen molar-refractivity contribution in [3.63, 3.8) is 0 Å². The molecule has 7 unspecified atom stereocenters. The van der Waals surface area contributed by atoms with E-state index in [0.29, 0.717) is 12.8 Å². The second-order valence-electron chi connectivity index (χ2n) is 9.21. The molecule has 5 aliphatic rings. The van der Waals surface area contributed by atoms with Gasteiger partial charge in [0, 0.05) is 11.3 Å². The van der Waals surface area contributed by atoms with Crippen molar-refractivity contribution in [1.29, 1.82) is 0 Å². The fourth-order valence-corrected chi connectivity index (χ4v) is 6.55. The molecule has 2 aliphatic heterocycles. The second-order valence-corrected chi connectivity index (χ2v) is 9.21. The summed E-state index contributed by atoms with van der Waals surface area (Å²) in [6.07, 6.45) is 3.53. The monoisotopic (exact) mass is 360 g/mol. The molecule has 2 heterocycles. The van der Waals surface area contributed by atoms with E-state index in [9.17, 15) is 14.7 Å². The Bertz CT molecular complexity index is 711. The summed E-state index contributed by atoms with van der Waals surface area (Å²) in [5.74, 6) is -0.441. The van der Waals surface area contributed by atoms with Crippen LogP contribution in [0.5, 0.6) is 0 Å². The van der Waals surface area contributed by atoms with Crippen molar-refractivity contribution >= 4 is 11.8 Å². The molecule has 1 spiro atoms. The summed E-state index contributed by atoms with van der Waals surface area (Å²) in [6, 6.07) is 0. The number of aliphatic hydroxyl groups excluding tert-OH is 1. The fraction of sp³-hybridized carbons (Fsp3) is 0.714. The largest absolute Gasteiger partial charge is 0.463 e. The molecule has 5 fully saturated rings. The summed E-state index contributed by atoms with van der Waals surface area (Å²) in [7, 11) is 0. The van der Waals surface area contributed by atoms with Crippen LogP contribution < -0.4 is 0 Å². The molecule has 7 atom stereocenters. The number of aliphatic hydroxyl groups is 1. The fourth-order valence-electron chi connectivity index (χ4n) is 6.55. The minimum Gasteiger partial charge on any atom is -0.463 e. The molecule has 3 saturated carbocycles. The standard InChI is InChI=1S/C21H28O5/c1-6-14(22)19-11-25-17(24)21(26-16(19)18(4,5)7-2)10-13-8-9-20(19,21)15(23)12(13)3/h6-7,12-14,16,22H,1-2,8-11H2,3-5H3. The SMILES string of the molecule is C=CC(O)C12COC(=O)C3(CC4CCC31C(=O)C4C)OC2C(C)(C)C=C. The summed E-state index contributed by atoms with van der Waals surface area (Å²) >= 11 is 0. The zero-order valence-electron chi connectivity index (χ0n) is 15.8. The van der Waals surface area contributed by atoms with Crippen LogP contribution in [-0.4, -0.2) is 41.3 Å². The maximum absolute atomic E-state index is 13.7. The van der Waals surface area contributed by atoms with E-state index in [1.807, 2.05) is 20.8 Å². The molecule has 4 bridgehead atoms. The van der Waals surface area contributed by atoms with E-state index in [0.717, 1.165) is 6.42 Å². The molecule has 142 valence electrons. The Kier molecular flexibility index (Phi) is 3.50. The molecule has 5 heteroatoms. The number of fused-ring (bicyclic) bond motifs is 2. The molecular weight excluding hydrogens is 332 g/mol. The molecule has 5 rings (SSSR count). The van der Waals surface area contributed by atoms with Crippen LogP contribution in [0.2, 0.25) is 0 Å². The van der Waals surface area contributed by atoms with E-state index in [1.165, 1.54) is 6.08 Å². The van der Waals surface area contributed by atoms with Crippen molar-refractivity contribution in [3.8, 4) is 0 Å². The molecule has 5 nitrogen and oxygen atoms in total. The highest BCUT2D eigenvalue weighted by atomic mass is 16.6. The van der Waals surface area contributed by atoms with Gasteiger partial charge in [-0.2, -0.15) is 0 Å². The van der Waals surface area contributed by atoms with Crippen molar-refractivity contribution in [2.45, 2.75) is 57.8 Å². The van der Waals surface area contributed by atoms with Gasteiger partial charge >= 0.3 is 5.97 Å². The summed E-state index contributed by atoms with van der Waals surface area (Å²) < 4.78 is 12.1. The lowest BCUT2D eigenvalue weighted by Crippen LogP contribution is -2.75. The number of ketones is 1. The van der Waals surface area contributed by atoms with Crippen LogP contribution in [-0.2, 0) is 19.1 Å². The van der Waals surface area contributed by atoms with Crippen LogP contribution in [0, 0.1) is 28.1 Å². The minimum atomic E-state index is -1.30. The molecule has 0 aromatic carbocycles. The third kappa shape index (κ3) is 1.57. The van der Waals surface area contributed by atoms with E-state index in [2.05, 4.69) is 13.2 Å². The molecule has 1 N–H and O–H groups in total. The highest BCUT2D eigenvalue weighted by Crippen LogP contribution is 2.75. The van der Waals surface area contributed by atoms with Crippen LogP contribution in [0.4, 0.5) is 0 Å². The van der Waals surface area contributed by atoms with Crippen molar-refractivity contribution in [2.75, 3.05) is 6.61 Å². The molecule has 26 heavy (non-hydrogen) atoms. The first-order chi connectivity index (χ1) is 12.1. The van der Waals surface area contributed by atoms with Gasteiger partial charge in [-0.05, 0) is 25.2 Å². The van der Waals surface area contributed by atoms with Crippen LogP contribution in [0.15, 0.2) is 25.3 Å². The van der Waals surface area contributed by atoms with E-state index in [-0.39, 0.29) is 24.2 Å². The lowest BCUT2D eigenvalue weighted by atomic mass is 9.39. The smallest absolute Gasteiger partial charge is 0.339 e. The third-order valence-electron chi connectivity index (χ3n) is 7.98. The maximum atomic E-state index is 13.7. The Morgan fingerprint density at radius 1 is 1.35 bits per heavy atom. The highest BCUT2D eigenvalue weighted by molar-refractivity contribution is 6.00. The zero-order valence-corrected chi connectivity index (χ0v) is 15.8. The Hall–Kier alpha value is -1.46. The Balaban J connectivity index is 2.06. The second kappa shape index (κ2) is 5.08. The topological polar surface area (TPSA) is 72.8 Å². The van der Waals surface area contributed by atoms with Gasteiger partial charge in [-0.15, -0.1) is 13.2 Å². The molecule has 0 aromatic rings. The number of cyclic esters (lactones) is 1. The number of carbonyl (C=O) groups excluding carboxylic acids is 2. The van der Waals surface area contributed by atoms with Gasteiger partial charge in [-0.1, -0.05) is 32.9 Å². The first kappa shape index (κ1) is 17.9. The van der Waals surface area contributed by atoms with Gasteiger partial charge in [0.05, 0.1) is 23.0 Å². The maximum Gasteiger partial charge on any atom is 0.339 e. The van der Waals surface area contributed by atoms with Crippen LogP contribution in [0.25, 0.3) is 0 Å². The highest BCUT2D eigenvalue weighted by Gasteiger charge is 2.87. The van der Waals surface area contributed by atoms with E-state index in [1.54, 1.807) is 6.08 Å². The van der Waals surface area contributed by atoms with Gasteiger partial charge in [0.2, 0.25) is 0 Å². The van der Waals surface area contributed by atoms with Gasteiger partial charge in [0.25, 0.3) is 0 Å². The molecule has 3 aliphatic carbocycles. The summed E-state index contributed by atoms with van der Waals surface area (Å²) in [5.41, 5.74) is -3.97. The molecular formula is C21H28O5. The summed E-state index contributed by atoms with van der Waals surface area (Å²) in [6.45, 7) is 13.6. The van der Waals surface area contributed by atoms with Crippen LogP contribution in [0.3, 0.4) is 0 Å². The predicted octanol–water partition coefficient (Wildman–Crippen LogP) is 2.43. The molecule has 2 saturated heterocycles. The number of ether oxygens (including phenoxy) is 2. The number of hydrogen-bond acceptors (Lipinski definition) is 5. The number of hydrogen-bond donors (Lipinski definition) is 1. The first-order valence-electron chi connectivity index (χ1n) is 9.48. The van der Waals surface area contributed by atoms with E-state index in [4.69, 9.17) is 9.47 Å². The normalized spacial score (nSPS) is 47.9. The van der Waals surface area contributed by atoms with E-state index < -0.39 is 40.0 Å². The van der Waals surface area contributed by atoms with Crippen molar-refractivity contribution in [1.82, 2.24) is 0 Å². The van der Waals surface area contributed by atoms with Crippen molar-refractivity contribution < 1.29 is 24.2 Å². The molecule has 0 radical (unpaired) electrons. The number of esters is 1. The number of rotatable bonds is 4. The van der Waals surface area contributed by atoms with Gasteiger partial charge in [0.15, 0.2) is 5.60 Å². The summed E-state index contributed by atoms with van der Waals surface area (Å²) in [5, 5.41) is 11.2. The van der Waals surface area contributed by atoms with Crippen LogP contribution >= 0.6 is 0 Å². The summed E-state index contributed by atoms with van der Waals surface area (Å²) in [4.78, 5) is 26.7. The predicted molar refractivity (Wildman–Crippen MR) is 95.1 cm³/mol.